The molecule has 0 atom stereocenters. The van der Waals surface area contributed by atoms with E-state index in [-0.39, 0.29) is 11.7 Å². The van der Waals surface area contributed by atoms with Gasteiger partial charge in [-0.3, -0.25) is 4.79 Å². The molecule has 0 aliphatic heterocycles. The standard InChI is InChI=1S/C18H17ClFNO2/c1-21(11-12-23-17-4-2-3-15(19)13-17)18(22)10-7-14-5-8-16(20)9-6-14/h2-10,13H,11-12H2,1H3/b10-7+. The fourth-order valence-electron chi connectivity index (χ4n) is 1.84. The summed E-state index contributed by atoms with van der Waals surface area (Å²) in [6.45, 7) is 0.812. The molecule has 2 rings (SSSR count). The molecular weight excluding hydrogens is 317 g/mol. The third-order valence-corrected chi connectivity index (χ3v) is 3.39. The van der Waals surface area contributed by atoms with Gasteiger partial charge in [0.1, 0.15) is 18.2 Å². The molecule has 2 aromatic rings. The first kappa shape index (κ1) is 17.0. The van der Waals surface area contributed by atoms with Crippen LogP contribution in [0.25, 0.3) is 6.08 Å². The van der Waals surface area contributed by atoms with Crippen LogP contribution in [0.2, 0.25) is 5.02 Å². The van der Waals surface area contributed by atoms with Gasteiger partial charge in [0.25, 0.3) is 0 Å². The van der Waals surface area contributed by atoms with E-state index in [0.29, 0.717) is 23.9 Å². The highest BCUT2D eigenvalue weighted by Gasteiger charge is 2.05. The van der Waals surface area contributed by atoms with Crippen LogP contribution in [0.1, 0.15) is 5.56 Å². The minimum absolute atomic E-state index is 0.149. The SMILES string of the molecule is CN(CCOc1cccc(Cl)c1)C(=O)/C=C/c1ccc(F)cc1. The lowest BCUT2D eigenvalue weighted by Crippen LogP contribution is -2.29. The number of likely N-dealkylation sites (N-methyl/N-ethyl adjacent to an activating group) is 1. The molecule has 5 heteroatoms. The molecule has 0 bridgehead atoms. The van der Waals surface area contributed by atoms with Gasteiger partial charge in [-0.15, -0.1) is 0 Å². The van der Waals surface area contributed by atoms with Crippen molar-refractivity contribution in [2.75, 3.05) is 20.2 Å². The molecule has 0 aliphatic carbocycles. The van der Waals surface area contributed by atoms with Crippen LogP contribution in [0.3, 0.4) is 0 Å². The van der Waals surface area contributed by atoms with Gasteiger partial charge >= 0.3 is 0 Å². The highest BCUT2D eigenvalue weighted by atomic mass is 35.5. The van der Waals surface area contributed by atoms with Crippen LogP contribution < -0.4 is 4.74 Å². The maximum absolute atomic E-state index is 12.8. The van der Waals surface area contributed by atoms with Crippen molar-refractivity contribution in [2.45, 2.75) is 0 Å². The normalized spacial score (nSPS) is 10.7. The van der Waals surface area contributed by atoms with Crippen LogP contribution in [0, 0.1) is 5.82 Å². The molecule has 120 valence electrons. The predicted octanol–water partition coefficient (Wildman–Crippen LogP) is 4.03. The van der Waals surface area contributed by atoms with Gasteiger partial charge in [-0.25, -0.2) is 4.39 Å². The van der Waals surface area contributed by atoms with Gasteiger partial charge in [-0.1, -0.05) is 29.8 Å². The Kier molecular flexibility index (Phi) is 6.18. The largest absolute Gasteiger partial charge is 0.492 e. The molecule has 2 aromatic carbocycles. The summed E-state index contributed by atoms with van der Waals surface area (Å²) in [5, 5.41) is 0.606. The summed E-state index contributed by atoms with van der Waals surface area (Å²) in [5.41, 5.74) is 0.767. The molecule has 0 spiro atoms. The Hall–Kier alpha value is -2.33. The minimum Gasteiger partial charge on any atom is -0.492 e. The Labute approximate surface area is 139 Å². The Morgan fingerprint density at radius 1 is 1.26 bits per heavy atom. The van der Waals surface area contributed by atoms with Crippen molar-refractivity contribution in [1.82, 2.24) is 4.90 Å². The lowest BCUT2D eigenvalue weighted by Gasteiger charge is -2.15. The van der Waals surface area contributed by atoms with E-state index in [1.165, 1.54) is 18.2 Å². The fraction of sp³-hybridized carbons (Fsp3) is 0.167. The molecule has 1 amide bonds. The van der Waals surface area contributed by atoms with Crippen LogP contribution in [-0.2, 0) is 4.79 Å². The lowest BCUT2D eigenvalue weighted by molar-refractivity contribution is -0.125. The van der Waals surface area contributed by atoms with Crippen LogP contribution in [0.15, 0.2) is 54.6 Å². The Morgan fingerprint density at radius 3 is 2.70 bits per heavy atom. The monoisotopic (exact) mass is 333 g/mol. The van der Waals surface area contributed by atoms with Crippen molar-refractivity contribution in [2.24, 2.45) is 0 Å². The summed E-state index contributed by atoms with van der Waals surface area (Å²) in [4.78, 5) is 13.5. The van der Waals surface area contributed by atoms with Crippen LogP contribution in [0.5, 0.6) is 5.75 Å². The average molecular weight is 334 g/mol. The molecule has 0 saturated heterocycles. The lowest BCUT2D eigenvalue weighted by atomic mass is 10.2. The number of nitrogens with zero attached hydrogens (tertiary/aromatic N) is 1. The molecule has 0 aromatic heterocycles. The molecule has 0 fully saturated rings. The van der Waals surface area contributed by atoms with Crippen molar-refractivity contribution < 1.29 is 13.9 Å². The zero-order valence-corrected chi connectivity index (χ0v) is 13.5. The highest BCUT2D eigenvalue weighted by Crippen LogP contribution is 2.16. The van der Waals surface area contributed by atoms with Crippen molar-refractivity contribution in [3.63, 3.8) is 0 Å². The van der Waals surface area contributed by atoms with Crippen molar-refractivity contribution in [3.05, 3.63) is 71.0 Å². The summed E-state index contributed by atoms with van der Waals surface area (Å²) < 4.78 is 18.3. The van der Waals surface area contributed by atoms with Crippen molar-refractivity contribution in [3.8, 4) is 5.75 Å². The molecule has 0 N–H and O–H groups in total. The molecule has 0 radical (unpaired) electrons. The third kappa shape index (κ3) is 5.75. The van der Waals surface area contributed by atoms with E-state index in [2.05, 4.69) is 0 Å². The summed E-state index contributed by atoms with van der Waals surface area (Å²) in [6, 6.07) is 13.0. The number of benzene rings is 2. The van der Waals surface area contributed by atoms with Crippen LogP contribution in [-0.4, -0.2) is 31.0 Å². The fourth-order valence-corrected chi connectivity index (χ4v) is 2.02. The van der Waals surface area contributed by atoms with Gasteiger partial charge in [-0.05, 0) is 42.0 Å². The van der Waals surface area contributed by atoms with Crippen LogP contribution in [0.4, 0.5) is 4.39 Å². The second kappa shape index (κ2) is 8.34. The van der Waals surface area contributed by atoms with E-state index in [1.807, 2.05) is 6.07 Å². The Morgan fingerprint density at radius 2 is 2.00 bits per heavy atom. The molecule has 0 unspecified atom stereocenters. The molecule has 23 heavy (non-hydrogen) atoms. The summed E-state index contributed by atoms with van der Waals surface area (Å²) in [6.07, 6.45) is 3.10. The first-order valence-corrected chi connectivity index (χ1v) is 7.49. The molecular formula is C18H17ClFNO2. The number of carbonyl (C=O) groups excluding carboxylic acids is 1. The van der Waals surface area contributed by atoms with Gasteiger partial charge in [0, 0.05) is 18.1 Å². The number of amides is 1. The summed E-state index contributed by atoms with van der Waals surface area (Å²) in [7, 11) is 1.69. The topological polar surface area (TPSA) is 29.5 Å². The highest BCUT2D eigenvalue weighted by molar-refractivity contribution is 6.30. The number of rotatable bonds is 6. The smallest absolute Gasteiger partial charge is 0.246 e. The maximum atomic E-state index is 12.8. The average Bonchev–Trinajstić information content (AvgIpc) is 2.54. The number of hydrogen-bond donors (Lipinski definition) is 0. The van der Waals surface area contributed by atoms with E-state index < -0.39 is 0 Å². The van der Waals surface area contributed by atoms with Gasteiger partial charge in [0.15, 0.2) is 0 Å². The van der Waals surface area contributed by atoms with E-state index in [1.54, 1.807) is 48.4 Å². The van der Waals surface area contributed by atoms with Crippen molar-refractivity contribution in [1.29, 1.82) is 0 Å². The van der Waals surface area contributed by atoms with E-state index >= 15 is 0 Å². The first-order valence-electron chi connectivity index (χ1n) is 7.12. The van der Waals surface area contributed by atoms with Gasteiger partial charge < -0.3 is 9.64 Å². The number of halogens is 2. The van der Waals surface area contributed by atoms with E-state index in [0.717, 1.165) is 5.56 Å². The molecule has 0 heterocycles. The first-order chi connectivity index (χ1) is 11.0. The molecule has 3 nitrogen and oxygen atoms in total. The van der Waals surface area contributed by atoms with Gasteiger partial charge in [0.2, 0.25) is 5.91 Å². The predicted molar refractivity (Wildman–Crippen MR) is 90.0 cm³/mol. The Bertz CT molecular complexity index is 686. The van der Waals surface area contributed by atoms with E-state index in [9.17, 15) is 9.18 Å². The third-order valence-electron chi connectivity index (χ3n) is 3.16. The zero-order valence-electron chi connectivity index (χ0n) is 12.7. The Balaban J connectivity index is 1.79. The minimum atomic E-state index is -0.302. The number of ether oxygens (including phenoxy) is 1. The quantitative estimate of drug-likeness (QED) is 0.747. The van der Waals surface area contributed by atoms with E-state index in [4.69, 9.17) is 16.3 Å². The van der Waals surface area contributed by atoms with Gasteiger partial charge in [0.05, 0.1) is 6.54 Å². The maximum Gasteiger partial charge on any atom is 0.246 e. The number of carbonyl (C=O) groups is 1. The molecule has 0 aliphatic rings. The number of hydrogen-bond acceptors (Lipinski definition) is 2. The second-order valence-electron chi connectivity index (χ2n) is 4.95. The molecule has 0 saturated carbocycles. The van der Waals surface area contributed by atoms with Crippen molar-refractivity contribution >= 4 is 23.6 Å². The summed E-state index contributed by atoms with van der Waals surface area (Å²) >= 11 is 5.87. The zero-order chi connectivity index (χ0) is 16.7. The summed E-state index contributed by atoms with van der Waals surface area (Å²) in [5.74, 6) is 0.216. The second-order valence-corrected chi connectivity index (χ2v) is 5.39. The van der Waals surface area contributed by atoms with Crippen LogP contribution >= 0.6 is 11.6 Å². The van der Waals surface area contributed by atoms with Gasteiger partial charge in [-0.2, -0.15) is 0 Å².